The molecule has 0 spiro atoms. The van der Waals surface area contributed by atoms with Gasteiger partial charge in [0.05, 0.1) is 13.7 Å². The van der Waals surface area contributed by atoms with Crippen LogP contribution in [0.3, 0.4) is 0 Å². The van der Waals surface area contributed by atoms with E-state index >= 15 is 0 Å². The van der Waals surface area contributed by atoms with Crippen molar-refractivity contribution in [1.29, 1.82) is 0 Å². The van der Waals surface area contributed by atoms with Crippen LogP contribution in [0.5, 0.6) is 11.5 Å². The molecule has 25 heavy (non-hydrogen) atoms. The lowest BCUT2D eigenvalue weighted by atomic mass is 10.2. The van der Waals surface area contributed by atoms with E-state index in [9.17, 15) is 0 Å². The van der Waals surface area contributed by atoms with Crippen LogP contribution in [0.1, 0.15) is 17.5 Å². The molecule has 0 bridgehead atoms. The summed E-state index contributed by atoms with van der Waals surface area (Å²) in [7, 11) is 1.66. The summed E-state index contributed by atoms with van der Waals surface area (Å²) in [5.41, 5.74) is 2.29. The lowest BCUT2D eigenvalue weighted by Crippen LogP contribution is -2.23. The van der Waals surface area contributed by atoms with Crippen molar-refractivity contribution in [2.24, 2.45) is 0 Å². The first-order chi connectivity index (χ1) is 12.3. The zero-order valence-corrected chi connectivity index (χ0v) is 14.8. The maximum absolute atomic E-state index is 8.69. The zero-order valence-electron chi connectivity index (χ0n) is 14.8. The molecule has 0 aliphatic rings. The highest BCUT2D eigenvalue weighted by Gasteiger charge is 2.06. The molecule has 0 heterocycles. The van der Waals surface area contributed by atoms with Crippen molar-refractivity contribution in [3.63, 3.8) is 0 Å². The number of ether oxygens (including phenoxy) is 2. The molecule has 2 aromatic carbocycles. The molecule has 3 N–H and O–H groups in total. The first-order valence-electron chi connectivity index (χ1n) is 8.69. The second-order valence-corrected chi connectivity index (χ2v) is 5.76. The SMILES string of the molecule is COc1cc(CNCCCNCCO)ccc1OCc1ccccc1. The highest BCUT2D eigenvalue weighted by molar-refractivity contribution is 5.43. The van der Waals surface area contributed by atoms with Gasteiger partial charge in [0.15, 0.2) is 11.5 Å². The molecule has 2 rings (SSSR count). The van der Waals surface area contributed by atoms with Gasteiger partial charge in [0, 0.05) is 13.1 Å². The second kappa shape index (κ2) is 11.5. The van der Waals surface area contributed by atoms with E-state index in [1.54, 1.807) is 7.11 Å². The normalized spacial score (nSPS) is 10.6. The average Bonchev–Trinajstić information content (AvgIpc) is 2.66. The van der Waals surface area contributed by atoms with Crippen LogP contribution >= 0.6 is 0 Å². The van der Waals surface area contributed by atoms with Crippen LogP contribution in [0.2, 0.25) is 0 Å². The molecule has 5 heteroatoms. The summed E-state index contributed by atoms with van der Waals surface area (Å²) in [6, 6.07) is 16.1. The summed E-state index contributed by atoms with van der Waals surface area (Å²) in [5.74, 6) is 1.50. The van der Waals surface area contributed by atoms with Crippen molar-refractivity contribution in [2.45, 2.75) is 19.6 Å². The van der Waals surface area contributed by atoms with E-state index in [1.165, 1.54) is 0 Å². The molecule has 0 unspecified atom stereocenters. The fourth-order valence-electron chi connectivity index (χ4n) is 2.45. The highest BCUT2D eigenvalue weighted by Crippen LogP contribution is 2.28. The molecule has 2 aromatic rings. The molecule has 0 radical (unpaired) electrons. The monoisotopic (exact) mass is 344 g/mol. The number of benzene rings is 2. The Hall–Kier alpha value is -2.08. The van der Waals surface area contributed by atoms with E-state index in [1.807, 2.05) is 42.5 Å². The first kappa shape index (κ1) is 19.2. The summed E-state index contributed by atoms with van der Waals surface area (Å²) < 4.78 is 11.3. The van der Waals surface area contributed by atoms with Gasteiger partial charge in [-0.2, -0.15) is 0 Å². The Morgan fingerprint density at radius 3 is 2.44 bits per heavy atom. The van der Waals surface area contributed by atoms with Crippen molar-refractivity contribution >= 4 is 0 Å². The minimum atomic E-state index is 0.186. The van der Waals surface area contributed by atoms with Gasteiger partial charge < -0.3 is 25.2 Å². The largest absolute Gasteiger partial charge is 0.493 e. The fourth-order valence-corrected chi connectivity index (χ4v) is 2.45. The fraction of sp³-hybridized carbons (Fsp3) is 0.400. The predicted octanol–water partition coefficient (Wildman–Crippen LogP) is 2.34. The Balaban J connectivity index is 1.78. The number of hydrogen-bond acceptors (Lipinski definition) is 5. The molecular formula is C20H28N2O3. The van der Waals surface area contributed by atoms with Crippen molar-refractivity contribution < 1.29 is 14.6 Å². The van der Waals surface area contributed by atoms with Gasteiger partial charge in [-0.1, -0.05) is 36.4 Å². The van der Waals surface area contributed by atoms with Crippen molar-refractivity contribution in [2.75, 3.05) is 33.4 Å². The summed E-state index contributed by atoms with van der Waals surface area (Å²) in [4.78, 5) is 0. The number of aliphatic hydroxyl groups excluding tert-OH is 1. The Bertz CT molecular complexity index is 605. The summed E-state index contributed by atoms with van der Waals surface area (Å²) in [5, 5.41) is 15.3. The van der Waals surface area contributed by atoms with Crippen LogP contribution in [0, 0.1) is 0 Å². The highest BCUT2D eigenvalue weighted by atomic mass is 16.5. The molecular weight excluding hydrogens is 316 g/mol. The Labute approximate surface area is 150 Å². The van der Waals surface area contributed by atoms with Gasteiger partial charge in [-0.15, -0.1) is 0 Å². The minimum absolute atomic E-state index is 0.186. The molecule has 5 nitrogen and oxygen atoms in total. The second-order valence-electron chi connectivity index (χ2n) is 5.76. The Morgan fingerprint density at radius 2 is 1.68 bits per heavy atom. The number of hydrogen-bond donors (Lipinski definition) is 3. The number of aliphatic hydroxyl groups is 1. The van der Waals surface area contributed by atoms with Gasteiger partial charge >= 0.3 is 0 Å². The van der Waals surface area contributed by atoms with Crippen LogP contribution in [-0.2, 0) is 13.2 Å². The molecule has 0 atom stereocenters. The lowest BCUT2D eigenvalue weighted by molar-refractivity contribution is 0.284. The van der Waals surface area contributed by atoms with E-state index in [-0.39, 0.29) is 6.61 Å². The third-order valence-electron chi connectivity index (χ3n) is 3.79. The number of methoxy groups -OCH3 is 1. The third-order valence-corrected chi connectivity index (χ3v) is 3.79. The van der Waals surface area contributed by atoms with Gasteiger partial charge in [-0.3, -0.25) is 0 Å². The molecule has 0 aliphatic heterocycles. The smallest absolute Gasteiger partial charge is 0.161 e. The standard InChI is InChI=1S/C20H28N2O3/c1-24-20-14-18(15-22-11-5-10-21-12-13-23)8-9-19(20)25-16-17-6-3-2-4-7-17/h2-4,6-9,14,21-23H,5,10-13,15-16H2,1H3. The molecule has 0 amide bonds. The van der Waals surface area contributed by atoms with Crippen LogP contribution in [0.4, 0.5) is 0 Å². The number of rotatable bonds is 12. The van der Waals surface area contributed by atoms with Crippen LogP contribution < -0.4 is 20.1 Å². The molecule has 0 aliphatic carbocycles. The topological polar surface area (TPSA) is 62.8 Å². The average molecular weight is 344 g/mol. The van der Waals surface area contributed by atoms with Gasteiger partial charge in [0.25, 0.3) is 0 Å². The van der Waals surface area contributed by atoms with Gasteiger partial charge in [0.1, 0.15) is 6.61 Å². The van der Waals surface area contributed by atoms with Gasteiger partial charge in [-0.05, 0) is 42.8 Å². The molecule has 0 saturated carbocycles. The predicted molar refractivity (Wildman–Crippen MR) is 100 cm³/mol. The van der Waals surface area contributed by atoms with Crippen molar-refractivity contribution in [3.8, 4) is 11.5 Å². The van der Waals surface area contributed by atoms with E-state index in [0.29, 0.717) is 13.2 Å². The minimum Gasteiger partial charge on any atom is -0.493 e. The van der Waals surface area contributed by atoms with Crippen molar-refractivity contribution in [1.82, 2.24) is 10.6 Å². The summed E-state index contributed by atoms with van der Waals surface area (Å²) in [6.45, 7) is 3.98. The van der Waals surface area contributed by atoms with Crippen LogP contribution in [-0.4, -0.2) is 38.5 Å². The maximum Gasteiger partial charge on any atom is 0.161 e. The summed E-state index contributed by atoms with van der Waals surface area (Å²) in [6.07, 6.45) is 1.02. The molecule has 0 saturated heterocycles. The van der Waals surface area contributed by atoms with Crippen LogP contribution in [0.25, 0.3) is 0 Å². The Morgan fingerprint density at radius 1 is 0.880 bits per heavy atom. The van der Waals surface area contributed by atoms with Crippen LogP contribution in [0.15, 0.2) is 48.5 Å². The summed E-state index contributed by atoms with van der Waals surface area (Å²) >= 11 is 0. The van der Waals surface area contributed by atoms with Gasteiger partial charge in [-0.25, -0.2) is 0 Å². The van der Waals surface area contributed by atoms with E-state index in [4.69, 9.17) is 14.6 Å². The van der Waals surface area contributed by atoms with E-state index < -0.39 is 0 Å². The molecule has 0 aromatic heterocycles. The first-order valence-corrected chi connectivity index (χ1v) is 8.69. The molecule has 136 valence electrons. The lowest BCUT2D eigenvalue weighted by Gasteiger charge is -2.13. The zero-order chi connectivity index (χ0) is 17.7. The maximum atomic E-state index is 8.69. The van der Waals surface area contributed by atoms with Gasteiger partial charge in [0.2, 0.25) is 0 Å². The van der Waals surface area contributed by atoms with E-state index in [2.05, 4.69) is 16.7 Å². The molecule has 0 fully saturated rings. The number of nitrogens with one attached hydrogen (secondary N) is 2. The third kappa shape index (κ3) is 7.13. The van der Waals surface area contributed by atoms with Crippen molar-refractivity contribution in [3.05, 3.63) is 59.7 Å². The van der Waals surface area contributed by atoms with E-state index in [0.717, 1.165) is 48.7 Å². The Kier molecular flexibility index (Phi) is 8.83. The quantitative estimate of drug-likeness (QED) is 0.516.